The SMILES string of the molecule is C=C(/C=c1/cccc/c1=C/N)C(=O)Nc1cc(C(=O)Nc2cc(-c3nc4ccc(O)cc4[nH]3)n(C)c2)n(C)c1. The Morgan fingerprint density at radius 3 is 2.49 bits per heavy atom. The zero-order valence-corrected chi connectivity index (χ0v) is 21.4. The summed E-state index contributed by atoms with van der Waals surface area (Å²) >= 11 is 0. The molecular formula is C29H27N7O3. The van der Waals surface area contributed by atoms with E-state index < -0.39 is 5.91 Å². The number of nitrogens with two attached hydrogens (primary N) is 1. The number of carbonyl (C=O) groups is 2. The first-order valence-corrected chi connectivity index (χ1v) is 12.0. The first-order valence-electron chi connectivity index (χ1n) is 12.0. The molecule has 0 aliphatic heterocycles. The number of carbonyl (C=O) groups excluding carboxylic acids is 2. The molecule has 5 rings (SSSR count). The number of rotatable bonds is 6. The van der Waals surface area contributed by atoms with E-state index in [0.717, 1.165) is 21.6 Å². The number of imidazole rings is 1. The van der Waals surface area contributed by atoms with E-state index in [9.17, 15) is 14.7 Å². The van der Waals surface area contributed by atoms with Crippen molar-refractivity contribution in [2.24, 2.45) is 19.8 Å². The average molecular weight is 522 g/mol. The van der Waals surface area contributed by atoms with Crippen molar-refractivity contribution in [3.05, 3.63) is 95.3 Å². The van der Waals surface area contributed by atoms with E-state index in [4.69, 9.17) is 5.73 Å². The fourth-order valence-electron chi connectivity index (χ4n) is 4.30. The van der Waals surface area contributed by atoms with Gasteiger partial charge in [-0.15, -0.1) is 0 Å². The molecule has 2 aromatic carbocycles. The Morgan fingerprint density at radius 2 is 1.72 bits per heavy atom. The molecule has 0 unspecified atom stereocenters. The van der Waals surface area contributed by atoms with Crippen LogP contribution in [0.25, 0.3) is 34.8 Å². The highest BCUT2D eigenvalue weighted by Gasteiger charge is 2.17. The maximum Gasteiger partial charge on any atom is 0.272 e. The fourth-order valence-corrected chi connectivity index (χ4v) is 4.30. The first-order chi connectivity index (χ1) is 18.7. The van der Waals surface area contributed by atoms with Crippen molar-refractivity contribution in [2.45, 2.75) is 0 Å². The third kappa shape index (κ3) is 5.16. The maximum atomic E-state index is 13.1. The van der Waals surface area contributed by atoms with Crippen LogP contribution in [0.4, 0.5) is 11.4 Å². The highest BCUT2D eigenvalue weighted by atomic mass is 16.3. The number of aromatic amines is 1. The van der Waals surface area contributed by atoms with Gasteiger partial charge in [-0.05, 0) is 40.8 Å². The van der Waals surface area contributed by atoms with Crippen LogP contribution in [0.3, 0.4) is 0 Å². The molecule has 6 N–H and O–H groups in total. The number of hydrogen-bond acceptors (Lipinski definition) is 5. The van der Waals surface area contributed by atoms with E-state index in [0.29, 0.717) is 28.4 Å². The summed E-state index contributed by atoms with van der Waals surface area (Å²) < 4.78 is 3.47. The molecular weight excluding hydrogens is 494 g/mol. The number of benzene rings is 2. The number of phenolic OH excluding ortho intramolecular Hbond substituents is 1. The lowest BCUT2D eigenvalue weighted by Gasteiger charge is -2.03. The highest BCUT2D eigenvalue weighted by Crippen LogP contribution is 2.26. The van der Waals surface area contributed by atoms with Gasteiger partial charge in [0.05, 0.1) is 28.1 Å². The van der Waals surface area contributed by atoms with Gasteiger partial charge in [0.1, 0.15) is 11.4 Å². The predicted molar refractivity (Wildman–Crippen MR) is 152 cm³/mol. The number of fused-ring (bicyclic) bond motifs is 1. The molecule has 0 aliphatic carbocycles. The maximum absolute atomic E-state index is 13.1. The summed E-state index contributed by atoms with van der Waals surface area (Å²) in [4.78, 5) is 33.6. The molecule has 0 fully saturated rings. The number of phenols is 1. The fraction of sp³-hybridized carbons (Fsp3) is 0.0690. The van der Waals surface area contributed by atoms with Crippen molar-refractivity contribution >= 4 is 46.5 Å². The Balaban J connectivity index is 1.30. The minimum Gasteiger partial charge on any atom is -0.508 e. The van der Waals surface area contributed by atoms with Crippen LogP contribution in [0.1, 0.15) is 10.5 Å². The highest BCUT2D eigenvalue weighted by molar-refractivity contribution is 6.10. The number of aromatic hydroxyl groups is 1. The molecule has 0 atom stereocenters. The average Bonchev–Trinajstić information content (AvgIpc) is 3.59. The zero-order chi connectivity index (χ0) is 27.7. The number of aryl methyl sites for hydroxylation is 2. The second-order valence-electron chi connectivity index (χ2n) is 9.11. The second-order valence-corrected chi connectivity index (χ2v) is 9.11. The minimum absolute atomic E-state index is 0.147. The molecule has 196 valence electrons. The molecule has 0 saturated heterocycles. The van der Waals surface area contributed by atoms with E-state index in [1.165, 1.54) is 6.20 Å². The molecule has 0 spiro atoms. The monoisotopic (exact) mass is 521 g/mol. The predicted octanol–water partition coefficient (Wildman–Crippen LogP) is 2.54. The Hall–Kier alpha value is -5.51. The lowest BCUT2D eigenvalue weighted by molar-refractivity contribution is -0.112. The van der Waals surface area contributed by atoms with Crippen molar-refractivity contribution in [3.8, 4) is 17.3 Å². The second kappa shape index (κ2) is 10.1. The summed E-state index contributed by atoms with van der Waals surface area (Å²) in [7, 11) is 3.57. The van der Waals surface area contributed by atoms with Gasteiger partial charge in [-0.1, -0.05) is 30.8 Å². The Morgan fingerprint density at radius 1 is 1.00 bits per heavy atom. The van der Waals surface area contributed by atoms with Crippen LogP contribution >= 0.6 is 0 Å². The molecule has 0 radical (unpaired) electrons. The normalized spacial score (nSPS) is 12.2. The standard InChI is InChI=1S/C29H27N7O3/c1-17(10-18-6-4-5-7-19(18)14-30)28(38)31-21-12-26(36(3)16-21)29(39)32-20-11-25(35(2)15-20)27-33-23-9-8-22(37)13-24(23)34-27/h4-16,37H,1,30H2,2-3H3,(H,31,38)(H,32,39)(H,33,34)/b18-10-,19-14-. The van der Waals surface area contributed by atoms with E-state index in [2.05, 4.69) is 27.2 Å². The van der Waals surface area contributed by atoms with Gasteiger partial charge < -0.3 is 35.6 Å². The summed E-state index contributed by atoms with van der Waals surface area (Å²) in [5.41, 5.74) is 9.47. The van der Waals surface area contributed by atoms with Gasteiger partial charge in [0.25, 0.3) is 11.8 Å². The van der Waals surface area contributed by atoms with E-state index >= 15 is 0 Å². The quantitative estimate of drug-likeness (QED) is 0.218. The number of nitrogens with one attached hydrogen (secondary N) is 3. The van der Waals surface area contributed by atoms with Crippen molar-refractivity contribution < 1.29 is 14.7 Å². The van der Waals surface area contributed by atoms with Gasteiger partial charge in [-0.3, -0.25) is 9.59 Å². The van der Waals surface area contributed by atoms with E-state index in [-0.39, 0.29) is 17.2 Å². The van der Waals surface area contributed by atoms with Gasteiger partial charge >= 0.3 is 0 Å². The molecule has 10 heteroatoms. The number of H-pyrrole nitrogens is 1. The number of anilines is 2. The molecule has 3 aromatic heterocycles. The van der Waals surface area contributed by atoms with Crippen LogP contribution < -0.4 is 26.8 Å². The van der Waals surface area contributed by atoms with Gasteiger partial charge in [0, 0.05) is 44.3 Å². The molecule has 39 heavy (non-hydrogen) atoms. The van der Waals surface area contributed by atoms with Crippen LogP contribution in [0.2, 0.25) is 0 Å². The van der Waals surface area contributed by atoms with Crippen LogP contribution in [0.5, 0.6) is 5.75 Å². The summed E-state index contributed by atoms with van der Waals surface area (Å²) in [5, 5.41) is 17.0. The number of amides is 2. The Bertz CT molecular complexity index is 1870. The third-order valence-corrected chi connectivity index (χ3v) is 6.26. The molecule has 0 saturated carbocycles. The molecule has 2 amide bonds. The van der Waals surface area contributed by atoms with Gasteiger partial charge in [0.2, 0.25) is 0 Å². The summed E-state index contributed by atoms with van der Waals surface area (Å²) in [5.74, 6) is 0.00822. The molecule has 0 bridgehead atoms. The zero-order valence-electron chi connectivity index (χ0n) is 21.4. The van der Waals surface area contributed by atoms with Crippen LogP contribution in [0.15, 0.2) is 79.1 Å². The molecule has 0 aliphatic rings. The van der Waals surface area contributed by atoms with Crippen LogP contribution in [0, 0.1) is 0 Å². The van der Waals surface area contributed by atoms with E-state index in [1.807, 2.05) is 35.9 Å². The number of hydrogen-bond donors (Lipinski definition) is 5. The van der Waals surface area contributed by atoms with Crippen molar-refractivity contribution in [2.75, 3.05) is 10.6 Å². The van der Waals surface area contributed by atoms with Crippen LogP contribution in [-0.2, 0) is 18.9 Å². The molecule has 5 aromatic rings. The molecule has 3 heterocycles. The Labute approximate surface area is 223 Å². The summed E-state index contributed by atoms with van der Waals surface area (Å²) in [6.07, 6.45) is 6.56. The number of nitrogens with zero attached hydrogens (tertiary/aromatic N) is 3. The first kappa shape index (κ1) is 25.2. The topological polar surface area (TPSA) is 143 Å². The minimum atomic E-state index is -0.397. The third-order valence-electron chi connectivity index (χ3n) is 6.26. The van der Waals surface area contributed by atoms with Crippen molar-refractivity contribution in [1.82, 2.24) is 19.1 Å². The lowest BCUT2D eigenvalue weighted by atomic mass is 10.1. The largest absolute Gasteiger partial charge is 0.508 e. The van der Waals surface area contributed by atoms with Gasteiger partial charge in [-0.2, -0.15) is 0 Å². The van der Waals surface area contributed by atoms with E-state index in [1.54, 1.807) is 60.4 Å². The van der Waals surface area contributed by atoms with Gasteiger partial charge in [0.15, 0.2) is 5.82 Å². The van der Waals surface area contributed by atoms with Crippen molar-refractivity contribution in [1.29, 1.82) is 0 Å². The lowest BCUT2D eigenvalue weighted by Crippen LogP contribution is -2.26. The summed E-state index contributed by atoms with van der Waals surface area (Å²) in [6, 6.07) is 15.7. The molecule has 10 nitrogen and oxygen atoms in total. The summed E-state index contributed by atoms with van der Waals surface area (Å²) in [6.45, 7) is 3.86. The van der Waals surface area contributed by atoms with Crippen LogP contribution in [-0.4, -0.2) is 36.0 Å². The van der Waals surface area contributed by atoms with Crippen molar-refractivity contribution in [3.63, 3.8) is 0 Å². The van der Waals surface area contributed by atoms with Gasteiger partial charge in [-0.25, -0.2) is 4.98 Å². The Kier molecular flexibility index (Phi) is 6.51. The number of aromatic nitrogens is 4. The smallest absolute Gasteiger partial charge is 0.272 e.